The minimum atomic E-state index is -0.470. The molecule has 0 aliphatic heterocycles. The van der Waals surface area contributed by atoms with Gasteiger partial charge < -0.3 is 5.32 Å². The number of halogens is 3. The van der Waals surface area contributed by atoms with Crippen molar-refractivity contribution in [3.8, 4) is 0 Å². The fraction of sp³-hybridized carbons (Fsp3) is 0. The molecular formula is C13H8ClFINO. The number of hydrogen-bond donors (Lipinski definition) is 1. The van der Waals surface area contributed by atoms with E-state index >= 15 is 0 Å². The summed E-state index contributed by atoms with van der Waals surface area (Å²) < 4.78 is 14.2. The topological polar surface area (TPSA) is 29.1 Å². The number of rotatable bonds is 2. The summed E-state index contributed by atoms with van der Waals surface area (Å²) in [6, 6.07) is 10.9. The van der Waals surface area contributed by atoms with E-state index in [1.54, 1.807) is 30.3 Å². The average molecular weight is 376 g/mol. The molecule has 2 aromatic rings. The first-order chi connectivity index (χ1) is 8.58. The molecule has 2 rings (SSSR count). The molecule has 5 heteroatoms. The van der Waals surface area contributed by atoms with Crippen LogP contribution in [0.15, 0.2) is 42.5 Å². The summed E-state index contributed by atoms with van der Waals surface area (Å²) in [7, 11) is 0. The number of benzene rings is 2. The van der Waals surface area contributed by atoms with Crippen LogP contribution in [0.5, 0.6) is 0 Å². The highest BCUT2D eigenvalue weighted by Gasteiger charge is 2.10. The Kier molecular flexibility index (Phi) is 4.19. The van der Waals surface area contributed by atoms with Crippen molar-refractivity contribution in [2.24, 2.45) is 0 Å². The van der Waals surface area contributed by atoms with E-state index in [0.717, 1.165) is 3.57 Å². The SMILES string of the molecule is O=C(Nc1ccccc1F)c1ccc(I)c(Cl)c1. The van der Waals surface area contributed by atoms with Crippen LogP contribution < -0.4 is 5.32 Å². The predicted molar refractivity (Wildman–Crippen MR) is 78.5 cm³/mol. The molecule has 0 saturated heterocycles. The predicted octanol–water partition coefficient (Wildman–Crippen LogP) is 4.34. The van der Waals surface area contributed by atoms with Crippen molar-refractivity contribution < 1.29 is 9.18 Å². The zero-order chi connectivity index (χ0) is 13.1. The number of carbonyl (C=O) groups is 1. The molecule has 92 valence electrons. The van der Waals surface area contributed by atoms with Gasteiger partial charge >= 0.3 is 0 Å². The van der Waals surface area contributed by atoms with Gasteiger partial charge in [-0.1, -0.05) is 23.7 Å². The summed E-state index contributed by atoms with van der Waals surface area (Å²) in [6.07, 6.45) is 0. The molecule has 2 aromatic carbocycles. The summed E-state index contributed by atoms with van der Waals surface area (Å²) in [5, 5.41) is 3.00. The Morgan fingerprint density at radius 1 is 1.22 bits per heavy atom. The van der Waals surface area contributed by atoms with Gasteiger partial charge in [0, 0.05) is 9.13 Å². The van der Waals surface area contributed by atoms with Gasteiger partial charge in [0.1, 0.15) is 5.82 Å². The molecular weight excluding hydrogens is 368 g/mol. The first-order valence-electron chi connectivity index (χ1n) is 5.09. The Morgan fingerprint density at radius 2 is 1.94 bits per heavy atom. The van der Waals surface area contributed by atoms with Gasteiger partial charge in [-0.15, -0.1) is 0 Å². The molecule has 18 heavy (non-hydrogen) atoms. The molecule has 1 amide bonds. The van der Waals surface area contributed by atoms with Gasteiger partial charge in [-0.2, -0.15) is 0 Å². The summed E-state index contributed by atoms with van der Waals surface area (Å²) in [5.41, 5.74) is 0.542. The highest BCUT2D eigenvalue weighted by molar-refractivity contribution is 14.1. The standard InChI is InChI=1S/C13H8ClFINO/c14-9-7-8(5-6-11(9)16)13(18)17-12-4-2-1-3-10(12)15/h1-7H,(H,17,18). The Labute approximate surface area is 122 Å². The van der Waals surface area contributed by atoms with Crippen molar-refractivity contribution in [1.29, 1.82) is 0 Å². The summed E-state index contributed by atoms with van der Waals surface area (Å²) in [5.74, 6) is -0.860. The highest BCUT2D eigenvalue weighted by Crippen LogP contribution is 2.21. The molecule has 0 saturated carbocycles. The van der Waals surface area contributed by atoms with E-state index < -0.39 is 11.7 Å². The van der Waals surface area contributed by atoms with E-state index in [4.69, 9.17) is 11.6 Å². The van der Waals surface area contributed by atoms with Crippen LogP contribution in [0.25, 0.3) is 0 Å². The molecule has 0 aliphatic rings. The Morgan fingerprint density at radius 3 is 2.61 bits per heavy atom. The Bertz CT molecular complexity index is 603. The number of amides is 1. The van der Waals surface area contributed by atoms with Crippen molar-refractivity contribution >= 4 is 45.8 Å². The minimum absolute atomic E-state index is 0.150. The molecule has 0 atom stereocenters. The van der Waals surface area contributed by atoms with E-state index in [1.807, 2.05) is 0 Å². The van der Waals surface area contributed by atoms with Crippen molar-refractivity contribution in [2.45, 2.75) is 0 Å². The lowest BCUT2D eigenvalue weighted by Crippen LogP contribution is -2.12. The lowest BCUT2D eigenvalue weighted by molar-refractivity contribution is 0.102. The molecule has 0 spiro atoms. The minimum Gasteiger partial charge on any atom is -0.319 e. The van der Waals surface area contributed by atoms with Crippen LogP contribution in [-0.4, -0.2) is 5.91 Å². The fourth-order valence-electron chi connectivity index (χ4n) is 1.39. The number of para-hydroxylation sites is 1. The summed E-state index contributed by atoms with van der Waals surface area (Å²) in [6.45, 7) is 0. The van der Waals surface area contributed by atoms with Crippen LogP contribution in [0.2, 0.25) is 5.02 Å². The third-order valence-electron chi connectivity index (χ3n) is 2.30. The second-order valence-electron chi connectivity index (χ2n) is 3.56. The molecule has 2 nitrogen and oxygen atoms in total. The smallest absolute Gasteiger partial charge is 0.255 e. The number of nitrogens with one attached hydrogen (secondary N) is 1. The third kappa shape index (κ3) is 3.00. The van der Waals surface area contributed by atoms with Crippen LogP contribution in [0.4, 0.5) is 10.1 Å². The van der Waals surface area contributed by atoms with Crippen LogP contribution in [0.3, 0.4) is 0 Å². The summed E-state index contributed by atoms with van der Waals surface area (Å²) >= 11 is 8.00. The Balaban J connectivity index is 2.22. The van der Waals surface area contributed by atoms with Crippen molar-refractivity contribution in [2.75, 3.05) is 5.32 Å². The number of carbonyl (C=O) groups excluding carboxylic acids is 1. The average Bonchev–Trinajstić information content (AvgIpc) is 2.35. The van der Waals surface area contributed by atoms with Gasteiger partial charge in [0.2, 0.25) is 0 Å². The van der Waals surface area contributed by atoms with E-state index in [1.165, 1.54) is 12.1 Å². The van der Waals surface area contributed by atoms with Gasteiger partial charge in [-0.3, -0.25) is 4.79 Å². The van der Waals surface area contributed by atoms with Crippen LogP contribution in [0, 0.1) is 9.39 Å². The second-order valence-corrected chi connectivity index (χ2v) is 5.13. The molecule has 0 aliphatic carbocycles. The van der Waals surface area contributed by atoms with Crippen molar-refractivity contribution in [1.82, 2.24) is 0 Å². The van der Waals surface area contributed by atoms with E-state index in [9.17, 15) is 9.18 Å². The van der Waals surface area contributed by atoms with Crippen molar-refractivity contribution in [3.63, 3.8) is 0 Å². The lowest BCUT2D eigenvalue weighted by Gasteiger charge is -2.06. The van der Waals surface area contributed by atoms with E-state index in [2.05, 4.69) is 27.9 Å². The maximum Gasteiger partial charge on any atom is 0.255 e. The molecule has 0 radical (unpaired) electrons. The maximum absolute atomic E-state index is 13.4. The van der Waals surface area contributed by atoms with Gasteiger partial charge in [0.15, 0.2) is 0 Å². The Hall–Kier alpha value is -1.14. The zero-order valence-electron chi connectivity index (χ0n) is 9.08. The third-order valence-corrected chi connectivity index (χ3v) is 3.88. The van der Waals surface area contributed by atoms with Gasteiger partial charge in [-0.05, 0) is 52.9 Å². The largest absolute Gasteiger partial charge is 0.319 e. The normalized spacial score (nSPS) is 10.2. The molecule has 0 unspecified atom stereocenters. The maximum atomic E-state index is 13.4. The number of anilines is 1. The van der Waals surface area contributed by atoms with Crippen LogP contribution in [-0.2, 0) is 0 Å². The second kappa shape index (κ2) is 5.67. The molecule has 0 heterocycles. The fourth-order valence-corrected chi connectivity index (χ4v) is 1.91. The summed E-state index contributed by atoms with van der Waals surface area (Å²) in [4.78, 5) is 11.9. The first-order valence-corrected chi connectivity index (χ1v) is 6.54. The van der Waals surface area contributed by atoms with Gasteiger partial charge in [-0.25, -0.2) is 4.39 Å². The zero-order valence-corrected chi connectivity index (χ0v) is 12.0. The number of hydrogen-bond acceptors (Lipinski definition) is 1. The highest BCUT2D eigenvalue weighted by atomic mass is 127. The first kappa shape index (κ1) is 13.3. The van der Waals surface area contributed by atoms with Gasteiger partial charge in [0.25, 0.3) is 5.91 Å². The van der Waals surface area contributed by atoms with Gasteiger partial charge in [0.05, 0.1) is 10.7 Å². The quantitative estimate of drug-likeness (QED) is 0.778. The molecule has 0 aromatic heterocycles. The lowest BCUT2D eigenvalue weighted by atomic mass is 10.2. The molecule has 1 N–H and O–H groups in total. The molecule has 0 fully saturated rings. The monoisotopic (exact) mass is 375 g/mol. The van der Waals surface area contributed by atoms with E-state index in [0.29, 0.717) is 10.6 Å². The van der Waals surface area contributed by atoms with Crippen molar-refractivity contribution in [3.05, 3.63) is 62.4 Å². The molecule has 0 bridgehead atoms. The van der Waals surface area contributed by atoms with Crippen LogP contribution in [0.1, 0.15) is 10.4 Å². The van der Waals surface area contributed by atoms with E-state index in [-0.39, 0.29) is 5.69 Å². The van der Waals surface area contributed by atoms with Crippen LogP contribution >= 0.6 is 34.2 Å².